The van der Waals surface area contributed by atoms with Crippen LogP contribution in [0.25, 0.3) is 0 Å². The zero-order chi connectivity index (χ0) is 9.84. The molecule has 0 N–H and O–H groups in total. The van der Waals surface area contributed by atoms with Gasteiger partial charge in [-0.25, -0.2) is 0 Å². The van der Waals surface area contributed by atoms with Crippen molar-refractivity contribution >= 4 is 38.9 Å². The molecule has 0 radical (unpaired) electrons. The highest BCUT2D eigenvalue weighted by Gasteiger charge is 2.16. The van der Waals surface area contributed by atoms with Gasteiger partial charge in [0.1, 0.15) is 0 Å². The summed E-state index contributed by atoms with van der Waals surface area (Å²) in [4.78, 5) is 1.80. The van der Waals surface area contributed by atoms with Gasteiger partial charge in [-0.1, -0.05) is 47.8 Å². The van der Waals surface area contributed by atoms with Gasteiger partial charge in [-0.05, 0) is 24.5 Å². The Morgan fingerprint density at radius 2 is 2.23 bits per heavy atom. The molecule has 0 saturated heterocycles. The summed E-state index contributed by atoms with van der Waals surface area (Å²) in [5.74, 6) is 0.680. The molecule has 13 heavy (non-hydrogen) atoms. The van der Waals surface area contributed by atoms with Gasteiger partial charge < -0.3 is 0 Å². The summed E-state index contributed by atoms with van der Waals surface area (Å²) in [5.41, 5.74) is 0. The molecule has 1 rings (SSSR count). The van der Waals surface area contributed by atoms with Crippen molar-refractivity contribution in [3.63, 3.8) is 0 Å². The maximum atomic E-state index is 5.88. The van der Waals surface area contributed by atoms with E-state index in [0.717, 1.165) is 4.34 Å². The lowest BCUT2D eigenvalue weighted by atomic mass is 10.0. The van der Waals surface area contributed by atoms with E-state index in [1.54, 1.807) is 11.3 Å². The largest absolute Gasteiger partial charge is 0.127 e. The number of alkyl halides is 1. The highest BCUT2D eigenvalue weighted by Crippen LogP contribution is 2.38. The van der Waals surface area contributed by atoms with E-state index >= 15 is 0 Å². The standard InChI is InChI=1S/C10H14BrClS/c1-3-4-7(2)10(11)8-5-6-9(12)13-8/h5-7,10H,3-4H2,1-2H3. The van der Waals surface area contributed by atoms with Gasteiger partial charge in [-0.15, -0.1) is 11.3 Å². The Morgan fingerprint density at radius 1 is 1.54 bits per heavy atom. The second kappa shape index (κ2) is 5.38. The number of hydrogen-bond donors (Lipinski definition) is 0. The van der Waals surface area contributed by atoms with Crippen LogP contribution in [0, 0.1) is 5.92 Å². The van der Waals surface area contributed by atoms with Crippen LogP contribution in [0.1, 0.15) is 36.4 Å². The summed E-state index contributed by atoms with van der Waals surface area (Å²) < 4.78 is 0.878. The minimum Gasteiger partial charge on any atom is -0.127 e. The van der Waals surface area contributed by atoms with Crippen molar-refractivity contribution in [2.45, 2.75) is 31.5 Å². The van der Waals surface area contributed by atoms with Crippen LogP contribution in [0.4, 0.5) is 0 Å². The molecule has 0 spiro atoms. The van der Waals surface area contributed by atoms with E-state index < -0.39 is 0 Å². The molecule has 3 heteroatoms. The third-order valence-electron chi connectivity index (χ3n) is 2.11. The van der Waals surface area contributed by atoms with Crippen LogP contribution in [0.2, 0.25) is 4.34 Å². The monoisotopic (exact) mass is 280 g/mol. The van der Waals surface area contributed by atoms with E-state index in [4.69, 9.17) is 11.6 Å². The van der Waals surface area contributed by atoms with Crippen molar-refractivity contribution in [2.24, 2.45) is 5.92 Å². The molecular formula is C10H14BrClS. The number of halogens is 2. The molecule has 0 amide bonds. The molecule has 0 nitrogen and oxygen atoms in total. The molecule has 2 unspecified atom stereocenters. The molecule has 0 bridgehead atoms. The van der Waals surface area contributed by atoms with E-state index in [2.05, 4.69) is 35.8 Å². The van der Waals surface area contributed by atoms with Crippen molar-refractivity contribution in [2.75, 3.05) is 0 Å². The van der Waals surface area contributed by atoms with Gasteiger partial charge >= 0.3 is 0 Å². The van der Waals surface area contributed by atoms with Crippen LogP contribution in [0.3, 0.4) is 0 Å². The molecule has 0 aliphatic carbocycles. The minimum absolute atomic E-state index is 0.463. The summed E-state index contributed by atoms with van der Waals surface area (Å²) in [7, 11) is 0. The second-order valence-electron chi connectivity index (χ2n) is 3.31. The summed E-state index contributed by atoms with van der Waals surface area (Å²) >= 11 is 11.3. The fourth-order valence-electron chi connectivity index (χ4n) is 1.36. The van der Waals surface area contributed by atoms with Crippen molar-refractivity contribution in [3.8, 4) is 0 Å². The van der Waals surface area contributed by atoms with Crippen LogP contribution in [-0.2, 0) is 0 Å². The van der Waals surface area contributed by atoms with E-state index in [1.165, 1.54) is 17.7 Å². The summed E-state index contributed by atoms with van der Waals surface area (Å²) in [6, 6.07) is 4.08. The van der Waals surface area contributed by atoms with Crippen LogP contribution in [0.5, 0.6) is 0 Å². The highest BCUT2D eigenvalue weighted by atomic mass is 79.9. The van der Waals surface area contributed by atoms with E-state index in [0.29, 0.717) is 10.7 Å². The Morgan fingerprint density at radius 3 is 2.69 bits per heavy atom. The highest BCUT2D eigenvalue weighted by molar-refractivity contribution is 9.09. The van der Waals surface area contributed by atoms with Gasteiger partial charge in [0.15, 0.2) is 0 Å². The first-order valence-corrected chi connectivity index (χ1v) is 6.65. The Hall–Kier alpha value is 0.470. The molecule has 1 heterocycles. The molecular weight excluding hydrogens is 268 g/mol. The molecule has 2 atom stereocenters. The lowest BCUT2D eigenvalue weighted by molar-refractivity contribution is 0.522. The zero-order valence-corrected chi connectivity index (χ0v) is 11.0. The average molecular weight is 282 g/mol. The van der Waals surface area contributed by atoms with Crippen LogP contribution >= 0.6 is 38.9 Å². The molecule has 1 aromatic heterocycles. The molecule has 0 aromatic carbocycles. The lowest BCUT2D eigenvalue weighted by Gasteiger charge is -2.15. The van der Waals surface area contributed by atoms with Crippen molar-refractivity contribution < 1.29 is 0 Å². The molecule has 0 fully saturated rings. The van der Waals surface area contributed by atoms with Gasteiger partial charge in [0.2, 0.25) is 0 Å². The molecule has 1 aromatic rings. The first kappa shape index (κ1) is 11.5. The third-order valence-corrected chi connectivity index (χ3v) is 5.12. The Kier molecular flexibility index (Phi) is 4.77. The first-order chi connectivity index (χ1) is 6.15. The lowest BCUT2D eigenvalue weighted by Crippen LogP contribution is -2.00. The second-order valence-corrected chi connectivity index (χ2v) is 6.04. The van der Waals surface area contributed by atoms with Crippen LogP contribution in [-0.4, -0.2) is 0 Å². The topological polar surface area (TPSA) is 0 Å². The molecule has 74 valence electrons. The van der Waals surface area contributed by atoms with E-state index in [1.807, 2.05) is 6.07 Å². The molecule has 0 aliphatic rings. The molecule has 0 aliphatic heterocycles. The first-order valence-electron chi connectivity index (χ1n) is 4.54. The Labute approximate surface area is 97.4 Å². The smallest absolute Gasteiger partial charge is 0.0931 e. The minimum atomic E-state index is 0.463. The number of thiophene rings is 1. The van der Waals surface area contributed by atoms with Gasteiger partial charge in [-0.3, -0.25) is 0 Å². The Balaban J connectivity index is 2.61. The van der Waals surface area contributed by atoms with Gasteiger partial charge in [0, 0.05) is 4.88 Å². The normalized spacial score (nSPS) is 15.7. The summed E-state index contributed by atoms with van der Waals surface area (Å²) in [5, 5.41) is 0. The Bertz CT molecular complexity index is 259. The fraction of sp³-hybridized carbons (Fsp3) is 0.600. The van der Waals surface area contributed by atoms with Crippen LogP contribution < -0.4 is 0 Å². The zero-order valence-electron chi connectivity index (χ0n) is 7.89. The van der Waals surface area contributed by atoms with Crippen LogP contribution in [0.15, 0.2) is 12.1 Å². The maximum Gasteiger partial charge on any atom is 0.0931 e. The molecule has 0 saturated carbocycles. The quantitative estimate of drug-likeness (QED) is 0.659. The van der Waals surface area contributed by atoms with E-state index in [-0.39, 0.29) is 0 Å². The van der Waals surface area contributed by atoms with Gasteiger partial charge in [0.05, 0.1) is 9.16 Å². The summed E-state index contributed by atoms with van der Waals surface area (Å²) in [6.45, 7) is 4.49. The maximum absolute atomic E-state index is 5.88. The van der Waals surface area contributed by atoms with Crippen molar-refractivity contribution in [1.29, 1.82) is 0 Å². The predicted octanol–water partition coefficient (Wildman–Crippen LogP) is 5.27. The van der Waals surface area contributed by atoms with Crippen molar-refractivity contribution in [3.05, 3.63) is 21.3 Å². The average Bonchev–Trinajstić information content (AvgIpc) is 2.51. The van der Waals surface area contributed by atoms with Crippen molar-refractivity contribution in [1.82, 2.24) is 0 Å². The fourth-order valence-corrected chi connectivity index (χ4v) is 3.23. The number of hydrogen-bond acceptors (Lipinski definition) is 1. The SMILES string of the molecule is CCCC(C)C(Br)c1ccc(Cl)s1. The number of rotatable bonds is 4. The van der Waals surface area contributed by atoms with Gasteiger partial charge in [0.25, 0.3) is 0 Å². The third kappa shape index (κ3) is 3.26. The summed E-state index contributed by atoms with van der Waals surface area (Å²) in [6.07, 6.45) is 2.49. The predicted molar refractivity (Wildman–Crippen MR) is 65.1 cm³/mol. The van der Waals surface area contributed by atoms with Gasteiger partial charge in [-0.2, -0.15) is 0 Å². The van der Waals surface area contributed by atoms with E-state index in [9.17, 15) is 0 Å².